The molecule has 0 aliphatic heterocycles. The Bertz CT molecular complexity index is 683. The molecule has 0 aliphatic rings. The highest BCUT2D eigenvalue weighted by molar-refractivity contribution is 5.98. The Labute approximate surface area is 165 Å². The Morgan fingerprint density at radius 1 is 1.07 bits per heavy atom. The minimum absolute atomic E-state index is 0.00451. The molecule has 0 fully saturated rings. The third-order valence-electron chi connectivity index (χ3n) is 3.93. The molecule has 0 unspecified atom stereocenters. The lowest BCUT2D eigenvalue weighted by Gasteiger charge is -2.06. The van der Waals surface area contributed by atoms with Gasteiger partial charge in [0.1, 0.15) is 0 Å². The molecule has 1 aromatic carbocycles. The second-order valence-electron chi connectivity index (χ2n) is 6.28. The van der Waals surface area contributed by atoms with Crippen molar-refractivity contribution in [2.24, 2.45) is 0 Å². The van der Waals surface area contributed by atoms with Gasteiger partial charge in [-0.2, -0.15) is 0 Å². The summed E-state index contributed by atoms with van der Waals surface area (Å²) in [6, 6.07) is 6.70. The highest BCUT2D eigenvalue weighted by atomic mass is 16.5. The van der Waals surface area contributed by atoms with Crippen LogP contribution in [0.15, 0.2) is 36.9 Å². The molecule has 1 rings (SSSR count). The molecule has 0 aromatic heterocycles. The second kappa shape index (κ2) is 13.2. The lowest BCUT2D eigenvalue weighted by molar-refractivity contribution is -0.148. The van der Waals surface area contributed by atoms with Gasteiger partial charge in [0, 0.05) is 18.5 Å². The molecule has 0 saturated carbocycles. The standard InChI is InChI=1S/C21H28N2O5/c1-3-5-6-7-16-8-10-17(11-9-16)18(24)12-13-20(26)28-15-19(25)23-21(27)22-14-4-2/h4,8-11H,2-3,5-7,12-15H2,1H3,(H2,22,23,25,27). The number of ketones is 1. The van der Waals surface area contributed by atoms with Crippen molar-refractivity contribution >= 4 is 23.7 Å². The number of carbonyl (C=O) groups is 4. The number of nitrogens with one attached hydrogen (secondary N) is 2. The molecular formula is C21H28N2O5. The molecule has 0 heterocycles. The summed E-state index contributed by atoms with van der Waals surface area (Å²) in [5.74, 6) is -1.59. The number of hydrogen-bond donors (Lipinski definition) is 2. The molecule has 0 atom stereocenters. The fraction of sp³-hybridized carbons (Fsp3) is 0.429. The fourth-order valence-corrected chi connectivity index (χ4v) is 2.39. The molecule has 7 heteroatoms. The van der Waals surface area contributed by atoms with E-state index in [1.54, 1.807) is 12.1 Å². The first-order valence-electron chi connectivity index (χ1n) is 9.42. The van der Waals surface area contributed by atoms with Gasteiger partial charge in [0.15, 0.2) is 12.4 Å². The number of unbranched alkanes of at least 4 members (excludes halogenated alkanes) is 2. The predicted octanol–water partition coefficient (Wildman–Crippen LogP) is 2.94. The Hall–Kier alpha value is -2.96. The van der Waals surface area contributed by atoms with Gasteiger partial charge in [-0.3, -0.25) is 19.7 Å². The minimum atomic E-state index is -0.750. The van der Waals surface area contributed by atoms with Crippen LogP contribution in [0.2, 0.25) is 0 Å². The van der Waals surface area contributed by atoms with Gasteiger partial charge in [0.2, 0.25) is 0 Å². The summed E-state index contributed by atoms with van der Waals surface area (Å²) in [6.45, 7) is 5.20. The maximum Gasteiger partial charge on any atom is 0.321 e. The summed E-state index contributed by atoms with van der Waals surface area (Å²) < 4.78 is 4.77. The van der Waals surface area contributed by atoms with Gasteiger partial charge >= 0.3 is 12.0 Å². The topological polar surface area (TPSA) is 102 Å². The lowest BCUT2D eigenvalue weighted by Crippen LogP contribution is -2.41. The van der Waals surface area contributed by atoms with Gasteiger partial charge in [-0.25, -0.2) is 4.79 Å². The summed E-state index contributed by atoms with van der Waals surface area (Å²) in [7, 11) is 0. The highest BCUT2D eigenvalue weighted by Crippen LogP contribution is 2.11. The van der Waals surface area contributed by atoms with Gasteiger partial charge in [0.05, 0.1) is 6.42 Å². The van der Waals surface area contributed by atoms with Crippen LogP contribution in [0.3, 0.4) is 0 Å². The lowest BCUT2D eigenvalue weighted by atomic mass is 10.0. The van der Waals surface area contributed by atoms with E-state index in [1.807, 2.05) is 17.4 Å². The third-order valence-corrected chi connectivity index (χ3v) is 3.93. The SMILES string of the molecule is C=CCNC(=O)NC(=O)COC(=O)CCC(=O)c1ccc(CCCCC)cc1. The van der Waals surface area contributed by atoms with E-state index in [-0.39, 0.29) is 25.2 Å². The molecule has 28 heavy (non-hydrogen) atoms. The van der Waals surface area contributed by atoms with Crippen LogP contribution in [-0.2, 0) is 20.7 Å². The molecule has 0 radical (unpaired) electrons. The van der Waals surface area contributed by atoms with E-state index in [0.29, 0.717) is 5.56 Å². The fourth-order valence-electron chi connectivity index (χ4n) is 2.39. The number of urea groups is 1. The van der Waals surface area contributed by atoms with Crippen LogP contribution < -0.4 is 10.6 Å². The average molecular weight is 388 g/mol. The third kappa shape index (κ3) is 9.66. The quantitative estimate of drug-likeness (QED) is 0.248. The van der Waals surface area contributed by atoms with Crippen molar-refractivity contribution in [3.8, 4) is 0 Å². The zero-order valence-electron chi connectivity index (χ0n) is 16.3. The zero-order valence-corrected chi connectivity index (χ0v) is 16.3. The number of amides is 3. The van der Waals surface area contributed by atoms with Crippen LogP contribution >= 0.6 is 0 Å². The minimum Gasteiger partial charge on any atom is -0.456 e. The van der Waals surface area contributed by atoms with Crippen LogP contribution in [-0.4, -0.2) is 36.8 Å². The van der Waals surface area contributed by atoms with Gasteiger partial charge in [-0.1, -0.05) is 50.1 Å². The summed E-state index contributed by atoms with van der Waals surface area (Å²) in [6.07, 6.45) is 5.78. The Morgan fingerprint density at radius 2 is 1.79 bits per heavy atom. The maximum absolute atomic E-state index is 12.2. The number of Topliss-reactive ketones (excluding diaryl/α,β-unsaturated/α-hetero) is 1. The molecule has 0 bridgehead atoms. The molecule has 0 saturated heterocycles. The molecule has 7 nitrogen and oxygen atoms in total. The number of imide groups is 1. The molecule has 0 aliphatic carbocycles. The first kappa shape index (κ1) is 23.1. The number of carbonyl (C=O) groups excluding carboxylic acids is 4. The van der Waals surface area contributed by atoms with E-state index >= 15 is 0 Å². The van der Waals surface area contributed by atoms with E-state index in [1.165, 1.54) is 18.1 Å². The number of ether oxygens (including phenoxy) is 1. The van der Waals surface area contributed by atoms with Gasteiger partial charge in [-0.05, 0) is 18.4 Å². The van der Waals surface area contributed by atoms with Gasteiger partial charge < -0.3 is 10.1 Å². The van der Waals surface area contributed by atoms with Crippen molar-refractivity contribution in [3.63, 3.8) is 0 Å². The first-order valence-corrected chi connectivity index (χ1v) is 9.42. The summed E-state index contributed by atoms with van der Waals surface area (Å²) >= 11 is 0. The summed E-state index contributed by atoms with van der Waals surface area (Å²) in [5, 5.41) is 4.36. The van der Waals surface area contributed by atoms with Crippen LogP contribution in [0, 0.1) is 0 Å². The van der Waals surface area contributed by atoms with E-state index in [4.69, 9.17) is 4.74 Å². The van der Waals surface area contributed by atoms with E-state index in [0.717, 1.165) is 19.3 Å². The second-order valence-corrected chi connectivity index (χ2v) is 6.28. The molecular weight excluding hydrogens is 360 g/mol. The predicted molar refractivity (Wildman–Crippen MR) is 106 cm³/mol. The van der Waals surface area contributed by atoms with Crippen LogP contribution in [0.25, 0.3) is 0 Å². The van der Waals surface area contributed by atoms with E-state index in [2.05, 4.69) is 18.8 Å². The molecule has 3 amide bonds. The average Bonchev–Trinajstić information content (AvgIpc) is 2.69. The molecule has 2 N–H and O–H groups in total. The highest BCUT2D eigenvalue weighted by Gasteiger charge is 2.13. The number of rotatable bonds is 12. The van der Waals surface area contributed by atoms with Crippen LogP contribution in [0.1, 0.15) is 54.9 Å². The van der Waals surface area contributed by atoms with Crippen molar-refractivity contribution in [2.75, 3.05) is 13.2 Å². The van der Waals surface area contributed by atoms with Crippen molar-refractivity contribution in [3.05, 3.63) is 48.0 Å². The Morgan fingerprint density at radius 3 is 2.43 bits per heavy atom. The smallest absolute Gasteiger partial charge is 0.321 e. The van der Waals surface area contributed by atoms with Gasteiger partial charge in [-0.15, -0.1) is 6.58 Å². The monoisotopic (exact) mass is 388 g/mol. The summed E-state index contributed by atoms with van der Waals surface area (Å²) in [4.78, 5) is 46.5. The van der Waals surface area contributed by atoms with E-state index < -0.39 is 24.5 Å². The van der Waals surface area contributed by atoms with Crippen LogP contribution in [0.5, 0.6) is 0 Å². The molecule has 0 spiro atoms. The number of benzene rings is 1. The first-order chi connectivity index (χ1) is 13.5. The molecule has 152 valence electrons. The van der Waals surface area contributed by atoms with Crippen LogP contribution in [0.4, 0.5) is 4.79 Å². The van der Waals surface area contributed by atoms with Gasteiger partial charge in [0.25, 0.3) is 5.91 Å². The largest absolute Gasteiger partial charge is 0.456 e. The number of esters is 1. The van der Waals surface area contributed by atoms with E-state index in [9.17, 15) is 19.2 Å². The maximum atomic E-state index is 12.2. The van der Waals surface area contributed by atoms with Crippen molar-refractivity contribution < 1.29 is 23.9 Å². The number of aryl methyl sites for hydroxylation is 1. The number of hydrogen-bond acceptors (Lipinski definition) is 5. The molecule has 1 aromatic rings. The van der Waals surface area contributed by atoms with Crippen molar-refractivity contribution in [1.29, 1.82) is 0 Å². The van der Waals surface area contributed by atoms with Crippen molar-refractivity contribution in [2.45, 2.75) is 45.4 Å². The normalized spacial score (nSPS) is 10.0. The zero-order chi connectivity index (χ0) is 20.8. The summed E-state index contributed by atoms with van der Waals surface area (Å²) in [5.41, 5.74) is 1.73. The Balaban J connectivity index is 2.30. The Kier molecular flexibility index (Phi) is 10.9. The van der Waals surface area contributed by atoms with Crippen molar-refractivity contribution in [1.82, 2.24) is 10.6 Å².